The van der Waals surface area contributed by atoms with E-state index in [0.29, 0.717) is 39.0 Å². The Balaban J connectivity index is 1.86. The minimum atomic E-state index is -0.122. The number of rotatable bonds is 6. The quantitative estimate of drug-likeness (QED) is 0.305. The predicted molar refractivity (Wildman–Crippen MR) is 126 cm³/mol. The molecule has 0 spiro atoms. The second-order valence-electron chi connectivity index (χ2n) is 7.33. The van der Waals surface area contributed by atoms with Gasteiger partial charge >= 0.3 is 0 Å². The molecule has 31 heavy (non-hydrogen) atoms. The highest BCUT2D eigenvalue weighted by Crippen LogP contribution is 2.29. The second-order valence-corrected chi connectivity index (χ2v) is 8.27. The minimum Gasteiger partial charge on any atom is -0.497 e. The highest BCUT2D eigenvalue weighted by Gasteiger charge is 2.15. The molecule has 0 radical (unpaired) electrons. The van der Waals surface area contributed by atoms with Crippen LogP contribution in [0.25, 0.3) is 16.6 Å². The van der Waals surface area contributed by atoms with Gasteiger partial charge in [0.15, 0.2) is 5.16 Å². The Kier molecular flexibility index (Phi) is 6.00. The Morgan fingerprint density at radius 1 is 0.903 bits per heavy atom. The molecule has 158 valence electrons. The van der Waals surface area contributed by atoms with E-state index in [9.17, 15) is 4.79 Å². The zero-order valence-electron chi connectivity index (χ0n) is 18.0. The average molecular weight is 433 g/mol. The summed E-state index contributed by atoms with van der Waals surface area (Å²) in [5, 5.41) is 1.19. The summed E-state index contributed by atoms with van der Waals surface area (Å²) in [6.07, 6.45) is 0. The molecule has 0 aliphatic rings. The number of thioether (sulfide) groups is 1. The average Bonchev–Trinajstić information content (AvgIpc) is 2.79. The molecular weight excluding hydrogens is 408 g/mol. The fourth-order valence-corrected chi connectivity index (χ4v) is 4.36. The van der Waals surface area contributed by atoms with Crippen molar-refractivity contribution in [3.05, 3.63) is 87.7 Å². The van der Waals surface area contributed by atoms with Gasteiger partial charge in [-0.05, 0) is 42.7 Å². The second kappa shape index (κ2) is 8.86. The van der Waals surface area contributed by atoms with Crippen molar-refractivity contribution < 1.29 is 9.47 Å². The smallest absolute Gasteiger partial charge is 0.266 e. The lowest BCUT2D eigenvalue weighted by Crippen LogP contribution is -2.22. The van der Waals surface area contributed by atoms with Gasteiger partial charge in [-0.3, -0.25) is 9.36 Å². The van der Waals surface area contributed by atoms with Crippen LogP contribution in [0.2, 0.25) is 0 Å². The number of ether oxygens (including phenoxy) is 2. The number of fused-ring (bicyclic) bond motifs is 1. The van der Waals surface area contributed by atoms with E-state index in [4.69, 9.17) is 14.5 Å². The van der Waals surface area contributed by atoms with Crippen molar-refractivity contribution in [1.82, 2.24) is 9.55 Å². The van der Waals surface area contributed by atoms with Crippen molar-refractivity contribution in [1.29, 1.82) is 0 Å². The van der Waals surface area contributed by atoms with E-state index in [1.165, 1.54) is 28.5 Å². The monoisotopic (exact) mass is 432 g/mol. The molecule has 4 aromatic rings. The third kappa shape index (κ3) is 4.30. The molecule has 0 saturated heterocycles. The Morgan fingerprint density at radius 3 is 2.29 bits per heavy atom. The van der Waals surface area contributed by atoms with Gasteiger partial charge in [0.1, 0.15) is 11.5 Å². The maximum atomic E-state index is 13.5. The van der Waals surface area contributed by atoms with Gasteiger partial charge in [-0.1, -0.05) is 42.1 Å². The molecule has 0 atom stereocenters. The van der Waals surface area contributed by atoms with Crippen molar-refractivity contribution in [3.8, 4) is 17.2 Å². The van der Waals surface area contributed by atoms with Gasteiger partial charge < -0.3 is 9.47 Å². The van der Waals surface area contributed by atoms with E-state index in [-0.39, 0.29) is 5.56 Å². The van der Waals surface area contributed by atoms with Crippen molar-refractivity contribution in [2.45, 2.75) is 24.8 Å². The maximum Gasteiger partial charge on any atom is 0.266 e. The van der Waals surface area contributed by atoms with Crippen LogP contribution in [0.4, 0.5) is 0 Å². The molecule has 6 heteroatoms. The molecular formula is C25H24N2O3S. The Bertz CT molecular complexity index is 1290. The van der Waals surface area contributed by atoms with Gasteiger partial charge in [-0.25, -0.2) is 4.98 Å². The number of hydrogen-bond donors (Lipinski definition) is 0. The van der Waals surface area contributed by atoms with E-state index in [2.05, 4.69) is 32.0 Å². The summed E-state index contributed by atoms with van der Waals surface area (Å²) in [7, 11) is 3.19. The Hall–Kier alpha value is -3.25. The first-order valence-corrected chi connectivity index (χ1v) is 10.9. The van der Waals surface area contributed by atoms with Gasteiger partial charge in [0.05, 0.1) is 30.8 Å². The van der Waals surface area contributed by atoms with Crippen LogP contribution < -0.4 is 15.0 Å². The number of hydrogen-bond acceptors (Lipinski definition) is 5. The van der Waals surface area contributed by atoms with Crippen molar-refractivity contribution in [3.63, 3.8) is 0 Å². The summed E-state index contributed by atoms with van der Waals surface area (Å²) in [6.45, 7) is 4.21. The van der Waals surface area contributed by atoms with Gasteiger partial charge in [-0.2, -0.15) is 0 Å². The number of aromatic nitrogens is 2. The van der Waals surface area contributed by atoms with E-state index >= 15 is 0 Å². The van der Waals surface area contributed by atoms with Crippen LogP contribution >= 0.6 is 11.8 Å². The molecule has 3 aromatic carbocycles. The number of para-hydroxylation sites is 1. The molecule has 0 amide bonds. The molecule has 5 nitrogen and oxygen atoms in total. The van der Waals surface area contributed by atoms with Crippen LogP contribution in [0, 0.1) is 13.8 Å². The molecule has 0 unspecified atom stereocenters. The summed E-state index contributed by atoms with van der Waals surface area (Å²) in [6, 6.07) is 19.3. The third-order valence-corrected chi connectivity index (χ3v) is 6.29. The lowest BCUT2D eigenvalue weighted by atomic mass is 10.1. The van der Waals surface area contributed by atoms with Gasteiger partial charge in [0, 0.05) is 24.0 Å². The van der Waals surface area contributed by atoms with Gasteiger partial charge in [0.25, 0.3) is 5.56 Å². The van der Waals surface area contributed by atoms with Crippen LogP contribution in [-0.4, -0.2) is 23.8 Å². The first-order chi connectivity index (χ1) is 15.0. The molecule has 0 fully saturated rings. The number of aryl methyl sites for hydroxylation is 2. The summed E-state index contributed by atoms with van der Waals surface area (Å²) in [5.41, 5.74) is 4.91. The lowest BCUT2D eigenvalue weighted by Gasteiger charge is -2.15. The van der Waals surface area contributed by atoms with E-state index in [0.717, 1.165) is 0 Å². The van der Waals surface area contributed by atoms with E-state index < -0.39 is 0 Å². The maximum absolute atomic E-state index is 13.5. The standard InChI is InChI=1S/C25H24N2O3S/c1-16-9-10-18(11-17(16)2)15-31-25-26-23-8-6-5-7-22(23)24(28)27(25)19-12-20(29-3)14-21(13-19)30-4/h5-14H,15H2,1-4H3. The molecule has 0 bridgehead atoms. The number of methoxy groups -OCH3 is 2. The van der Waals surface area contributed by atoms with Crippen LogP contribution in [0.3, 0.4) is 0 Å². The summed E-state index contributed by atoms with van der Waals surface area (Å²) in [5.74, 6) is 1.92. The first kappa shape index (κ1) is 21.0. The highest BCUT2D eigenvalue weighted by molar-refractivity contribution is 7.98. The number of benzene rings is 3. The Labute approximate surface area is 185 Å². The summed E-state index contributed by atoms with van der Waals surface area (Å²) < 4.78 is 12.5. The molecule has 0 aliphatic carbocycles. The van der Waals surface area contributed by atoms with Crippen LogP contribution in [-0.2, 0) is 5.75 Å². The molecule has 1 heterocycles. The predicted octanol–water partition coefficient (Wildman–Crippen LogP) is 5.31. The fraction of sp³-hybridized carbons (Fsp3) is 0.200. The number of nitrogens with zero attached hydrogens (tertiary/aromatic N) is 2. The fourth-order valence-electron chi connectivity index (χ4n) is 3.40. The molecule has 0 N–H and O–H groups in total. The van der Waals surface area contributed by atoms with Crippen molar-refractivity contribution in [2.75, 3.05) is 14.2 Å². The van der Waals surface area contributed by atoms with E-state index in [1.807, 2.05) is 30.3 Å². The normalized spacial score (nSPS) is 11.0. The van der Waals surface area contributed by atoms with Crippen molar-refractivity contribution in [2.24, 2.45) is 0 Å². The highest BCUT2D eigenvalue weighted by atomic mass is 32.2. The van der Waals surface area contributed by atoms with Crippen LogP contribution in [0.1, 0.15) is 16.7 Å². The lowest BCUT2D eigenvalue weighted by molar-refractivity contribution is 0.394. The molecule has 4 rings (SSSR count). The zero-order chi connectivity index (χ0) is 22.0. The SMILES string of the molecule is COc1cc(OC)cc(-n2c(SCc3ccc(C)c(C)c3)nc3ccccc3c2=O)c1. The molecule has 1 aromatic heterocycles. The molecule has 0 aliphatic heterocycles. The summed E-state index contributed by atoms with van der Waals surface area (Å²) >= 11 is 1.54. The molecule has 0 saturated carbocycles. The minimum absolute atomic E-state index is 0.122. The van der Waals surface area contributed by atoms with Crippen LogP contribution in [0.5, 0.6) is 11.5 Å². The van der Waals surface area contributed by atoms with E-state index in [1.54, 1.807) is 30.9 Å². The Morgan fingerprint density at radius 2 is 1.61 bits per heavy atom. The zero-order valence-corrected chi connectivity index (χ0v) is 18.8. The topological polar surface area (TPSA) is 53.4 Å². The van der Waals surface area contributed by atoms with Crippen molar-refractivity contribution >= 4 is 22.7 Å². The van der Waals surface area contributed by atoms with Gasteiger partial charge in [0.2, 0.25) is 0 Å². The first-order valence-electron chi connectivity index (χ1n) is 9.94. The van der Waals surface area contributed by atoms with Crippen LogP contribution in [0.15, 0.2) is 70.6 Å². The third-order valence-electron chi connectivity index (χ3n) is 5.28. The van der Waals surface area contributed by atoms with Gasteiger partial charge in [-0.15, -0.1) is 0 Å². The largest absolute Gasteiger partial charge is 0.497 e. The summed E-state index contributed by atoms with van der Waals surface area (Å²) in [4.78, 5) is 18.3.